The molecule has 0 saturated heterocycles. The molecular weight excluding hydrogens is 236 g/mol. The molecule has 2 heterocycles. The van der Waals surface area contributed by atoms with Gasteiger partial charge in [-0.2, -0.15) is 10.5 Å². The molecule has 86 valence electrons. The van der Waals surface area contributed by atoms with Crippen molar-refractivity contribution >= 4 is 5.97 Å². The Labute approximate surface area is 100 Å². The van der Waals surface area contributed by atoms with Gasteiger partial charge in [0.05, 0.1) is 0 Å². The van der Waals surface area contributed by atoms with Crippen molar-refractivity contribution < 1.29 is 9.90 Å². The van der Waals surface area contributed by atoms with E-state index >= 15 is 0 Å². The third-order valence-corrected chi connectivity index (χ3v) is 2.09. The van der Waals surface area contributed by atoms with E-state index in [2.05, 4.69) is 15.0 Å². The average Bonchev–Trinajstić information content (AvgIpc) is 2.81. The van der Waals surface area contributed by atoms with Crippen molar-refractivity contribution in [3.63, 3.8) is 0 Å². The molecule has 0 atom stereocenters. The molecule has 0 amide bonds. The van der Waals surface area contributed by atoms with Crippen LogP contribution in [0.25, 0.3) is 5.82 Å². The largest absolute Gasteiger partial charge is 0.476 e. The first-order valence-electron chi connectivity index (χ1n) is 4.61. The third kappa shape index (κ3) is 1.64. The van der Waals surface area contributed by atoms with Crippen molar-refractivity contribution in [3.8, 4) is 18.0 Å². The lowest BCUT2D eigenvalue weighted by atomic mass is 10.3. The molecule has 2 aromatic heterocycles. The maximum absolute atomic E-state index is 11.0. The van der Waals surface area contributed by atoms with Gasteiger partial charge >= 0.3 is 5.97 Å². The Balaban J connectivity index is 2.72. The van der Waals surface area contributed by atoms with Crippen LogP contribution in [0.15, 0.2) is 18.7 Å². The Hall–Kier alpha value is -3.26. The first kappa shape index (κ1) is 11.2. The molecule has 8 nitrogen and oxygen atoms in total. The van der Waals surface area contributed by atoms with E-state index in [1.165, 1.54) is 12.4 Å². The SMILES string of the molecule is N#Cc1ncn(-c2nccnc2C(=O)O)c1C#N. The number of aromatic nitrogens is 4. The first-order chi connectivity index (χ1) is 8.69. The van der Waals surface area contributed by atoms with Crippen molar-refractivity contribution in [2.24, 2.45) is 0 Å². The Bertz CT molecular complexity index is 706. The van der Waals surface area contributed by atoms with Crippen LogP contribution in [0, 0.1) is 22.7 Å². The summed E-state index contributed by atoms with van der Waals surface area (Å²) < 4.78 is 1.12. The van der Waals surface area contributed by atoms with E-state index in [0.29, 0.717) is 0 Å². The molecule has 0 aromatic carbocycles. The Kier molecular flexibility index (Phi) is 2.69. The molecule has 0 aliphatic carbocycles. The van der Waals surface area contributed by atoms with E-state index in [9.17, 15) is 4.79 Å². The smallest absolute Gasteiger partial charge is 0.358 e. The molecule has 2 rings (SSSR count). The second-order valence-electron chi connectivity index (χ2n) is 3.07. The predicted octanol–water partition coefficient (Wildman–Crippen LogP) is 0.104. The highest BCUT2D eigenvalue weighted by Gasteiger charge is 2.19. The predicted molar refractivity (Wildman–Crippen MR) is 55.5 cm³/mol. The number of nitrogens with zero attached hydrogens (tertiary/aromatic N) is 6. The van der Waals surface area contributed by atoms with Crippen LogP contribution < -0.4 is 0 Å². The van der Waals surface area contributed by atoms with E-state index in [0.717, 1.165) is 10.9 Å². The van der Waals surface area contributed by atoms with E-state index in [1.807, 2.05) is 0 Å². The standard InChI is InChI=1S/C10H4N6O2/c11-3-6-7(4-12)16(5-15-6)9-8(10(17)18)13-1-2-14-9/h1-2,5H,(H,17,18). The van der Waals surface area contributed by atoms with Crippen molar-refractivity contribution in [2.45, 2.75) is 0 Å². The third-order valence-electron chi connectivity index (χ3n) is 2.09. The number of imidazole rings is 1. The van der Waals surface area contributed by atoms with Crippen molar-refractivity contribution in [3.05, 3.63) is 35.8 Å². The van der Waals surface area contributed by atoms with Crippen LogP contribution >= 0.6 is 0 Å². The van der Waals surface area contributed by atoms with Crippen LogP contribution in [0.4, 0.5) is 0 Å². The summed E-state index contributed by atoms with van der Waals surface area (Å²) in [7, 11) is 0. The van der Waals surface area contributed by atoms with Crippen molar-refractivity contribution in [2.75, 3.05) is 0 Å². The Morgan fingerprint density at radius 1 is 1.22 bits per heavy atom. The summed E-state index contributed by atoms with van der Waals surface area (Å²) in [4.78, 5) is 22.2. The fourth-order valence-electron chi connectivity index (χ4n) is 1.36. The van der Waals surface area contributed by atoms with Crippen LogP contribution in [-0.4, -0.2) is 30.6 Å². The quantitative estimate of drug-likeness (QED) is 0.788. The van der Waals surface area contributed by atoms with Crippen LogP contribution in [0.5, 0.6) is 0 Å². The van der Waals surface area contributed by atoms with Gasteiger partial charge in [-0.15, -0.1) is 0 Å². The van der Waals surface area contributed by atoms with Gasteiger partial charge in [0.25, 0.3) is 0 Å². The number of carbonyl (C=O) groups is 1. The average molecular weight is 240 g/mol. The summed E-state index contributed by atoms with van der Waals surface area (Å²) in [5, 5.41) is 26.7. The molecule has 0 spiro atoms. The molecule has 2 aromatic rings. The van der Waals surface area contributed by atoms with Crippen LogP contribution in [0.2, 0.25) is 0 Å². The number of carboxylic acid groups (broad SMARTS) is 1. The topological polar surface area (TPSA) is 128 Å². The lowest BCUT2D eigenvalue weighted by molar-refractivity contribution is 0.0690. The highest BCUT2D eigenvalue weighted by atomic mass is 16.4. The summed E-state index contributed by atoms with van der Waals surface area (Å²) >= 11 is 0. The fourth-order valence-corrected chi connectivity index (χ4v) is 1.36. The summed E-state index contributed by atoms with van der Waals surface area (Å²) in [6.07, 6.45) is 3.67. The van der Waals surface area contributed by atoms with Crippen LogP contribution in [0.1, 0.15) is 21.9 Å². The molecule has 8 heteroatoms. The number of hydrogen-bond donors (Lipinski definition) is 1. The van der Waals surface area contributed by atoms with Gasteiger partial charge in [0, 0.05) is 12.4 Å². The van der Waals surface area contributed by atoms with Gasteiger partial charge in [-0.1, -0.05) is 0 Å². The second kappa shape index (κ2) is 4.31. The second-order valence-corrected chi connectivity index (χ2v) is 3.07. The van der Waals surface area contributed by atoms with Crippen LogP contribution in [-0.2, 0) is 0 Å². The molecule has 0 unspecified atom stereocenters. The minimum Gasteiger partial charge on any atom is -0.476 e. The Morgan fingerprint density at radius 3 is 2.56 bits per heavy atom. The van der Waals surface area contributed by atoms with E-state index in [4.69, 9.17) is 15.6 Å². The number of carboxylic acids is 1. The number of hydrogen-bond acceptors (Lipinski definition) is 6. The zero-order valence-electron chi connectivity index (χ0n) is 8.77. The van der Waals surface area contributed by atoms with E-state index < -0.39 is 5.97 Å². The minimum absolute atomic E-state index is 0.0597. The van der Waals surface area contributed by atoms with Gasteiger partial charge < -0.3 is 5.11 Å². The lowest BCUT2D eigenvalue weighted by Gasteiger charge is -2.04. The summed E-state index contributed by atoms with van der Waals surface area (Å²) in [6, 6.07) is 3.51. The van der Waals surface area contributed by atoms with Crippen molar-refractivity contribution in [1.82, 2.24) is 19.5 Å². The number of aromatic carboxylic acids is 1. The molecular formula is C10H4N6O2. The number of nitriles is 2. The molecule has 0 radical (unpaired) electrons. The maximum atomic E-state index is 11.0. The molecule has 0 bridgehead atoms. The molecule has 18 heavy (non-hydrogen) atoms. The molecule has 0 saturated carbocycles. The highest BCUT2D eigenvalue weighted by Crippen LogP contribution is 2.14. The zero-order chi connectivity index (χ0) is 13.1. The fraction of sp³-hybridized carbons (Fsp3) is 0. The summed E-state index contributed by atoms with van der Waals surface area (Å²) in [6.45, 7) is 0. The van der Waals surface area contributed by atoms with Gasteiger partial charge in [0.2, 0.25) is 0 Å². The summed E-state index contributed by atoms with van der Waals surface area (Å²) in [5.41, 5.74) is -0.504. The van der Waals surface area contributed by atoms with Gasteiger partial charge in [-0.3, -0.25) is 4.57 Å². The minimum atomic E-state index is -1.28. The van der Waals surface area contributed by atoms with Gasteiger partial charge in [0.1, 0.15) is 18.5 Å². The maximum Gasteiger partial charge on any atom is 0.358 e. The molecule has 0 fully saturated rings. The molecule has 0 aliphatic heterocycles. The van der Waals surface area contributed by atoms with E-state index in [1.54, 1.807) is 12.1 Å². The molecule has 0 aliphatic rings. The zero-order valence-corrected chi connectivity index (χ0v) is 8.77. The van der Waals surface area contributed by atoms with Crippen molar-refractivity contribution in [1.29, 1.82) is 10.5 Å². The monoisotopic (exact) mass is 240 g/mol. The van der Waals surface area contributed by atoms with Gasteiger partial charge in [-0.25, -0.2) is 19.7 Å². The Morgan fingerprint density at radius 2 is 1.94 bits per heavy atom. The van der Waals surface area contributed by atoms with E-state index in [-0.39, 0.29) is 22.9 Å². The van der Waals surface area contributed by atoms with Gasteiger partial charge in [0.15, 0.2) is 22.9 Å². The molecule has 1 N–H and O–H groups in total. The normalized spacial score (nSPS) is 9.44. The van der Waals surface area contributed by atoms with Crippen LogP contribution in [0.3, 0.4) is 0 Å². The lowest BCUT2D eigenvalue weighted by Crippen LogP contribution is -2.10. The van der Waals surface area contributed by atoms with Gasteiger partial charge in [-0.05, 0) is 0 Å². The first-order valence-corrected chi connectivity index (χ1v) is 4.61. The highest BCUT2D eigenvalue weighted by molar-refractivity contribution is 5.88. The number of rotatable bonds is 2. The summed E-state index contributed by atoms with van der Waals surface area (Å²) in [5.74, 6) is -1.34.